The summed E-state index contributed by atoms with van der Waals surface area (Å²) in [4.78, 5) is 0. The third kappa shape index (κ3) is 12.8. The van der Waals surface area contributed by atoms with Crippen molar-refractivity contribution < 1.29 is 0 Å². The molecule has 0 spiro atoms. The van der Waals surface area contributed by atoms with Crippen molar-refractivity contribution in [3.8, 4) is 0 Å². The van der Waals surface area contributed by atoms with Crippen molar-refractivity contribution in [3.63, 3.8) is 0 Å². The maximum atomic E-state index is 3.49. The molecule has 0 aliphatic carbocycles. The molecule has 20 heavy (non-hydrogen) atoms. The lowest BCUT2D eigenvalue weighted by atomic mass is 10.3. The first kappa shape index (κ1) is 17.8. The minimum atomic E-state index is 1.05. The van der Waals surface area contributed by atoms with E-state index in [4.69, 9.17) is 0 Å². The topological polar surface area (TPSA) is 72.2 Å². The second-order valence-electron chi connectivity index (χ2n) is 5.21. The molecule has 0 radical (unpaired) electrons. The van der Waals surface area contributed by atoms with Crippen molar-refractivity contribution in [1.82, 2.24) is 31.9 Å². The Labute approximate surface area is 124 Å². The second kappa shape index (κ2) is 15.2. The van der Waals surface area contributed by atoms with E-state index in [2.05, 4.69) is 31.9 Å². The van der Waals surface area contributed by atoms with Crippen molar-refractivity contribution in [2.75, 3.05) is 78.5 Å². The van der Waals surface area contributed by atoms with Crippen molar-refractivity contribution in [3.05, 3.63) is 0 Å². The van der Waals surface area contributed by atoms with Gasteiger partial charge >= 0.3 is 0 Å². The van der Waals surface area contributed by atoms with Crippen molar-refractivity contribution in [2.45, 2.75) is 12.8 Å². The molecule has 0 aromatic carbocycles. The van der Waals surface area contributed by atoms with Gasteiger partial charge in [-0.25, -0.2) is 0 Å². The summed E-state index contributed by atoms with van der Waals surface area (Å²) in [6, 6.07) is 0. The fourth-order valence-electron chi connectivity index (χ4n) is 2.13. The van der Waals surface area contributed by atoms with Crippen LogP contribution in [0.4, 0.5) is 0 Å². The van der Waals surface area contributed by atoms with Crippen LogP contribution in [0.25, 0.3) is 0 Å². The van der Waals surface area contributed by atoms with Gasteiger partial charge in [-0.15, -0.1) is 0 Å². The van der Waals surface area contributed by atoms with Crippen LogP contribution in [-0.2, 0) is 0 Å². The molecule has 6 heteroatoms. The smallest absolute Gasteiger partial charge is 0.00772 e. The quantitative estimate of drug-likeness (QED) is 0.320. The summed E-state index contributed by atoms with van der Waals surface area (Å²) < 4.78 is 0. The Morgan fingerprint density at radius 3 is 0.750 bits per heavy atom. The van der Waals surface area contributed by atoms with Gasteiger partial charge < -0.3 is 31.9 Å². The fraction of sp³-hybridized carbons (Fsp3) is 1.00. The largest absolute Gasteiger partial charge is 0.317 e. The molecule has 1 heterocycles. The van der Waals surface area contributed by atoms with Crippen LogP contribution in [0.2, 0.25) is 0 Å². The van der Waals surface area contributed by atoms with Crippen LogP contribution in [0.15, 0.2) is 0 Å². The Kier molecular flexibility index (Phi) is 13.5. The van der Waals surface area contributed by atoms with E-state index in [9.17, 15) is 0 Å². The summed E-state index contributed by atoms with van der Waals surface area (Å²) >= 11 is 0. The average Bonchev–Trinajstić information content (AvgIpc) is 2.46. The molecule has 0 unspecified atom stereocenters. The standard InChI is InChI=1S/C14H34N6/c1-3-15-4-2-6-17-8-10-19-12-14-20-13-11-18-9-7-16-5-1/h15-20H,1-14H2. The predicted molar refractivity (Wildman–Crippen MR) is 86.5 cm³/mol. The number of hydrogen-bond donors (Lipinski definition) is 6. The van der Waals surface area contributed by atoms with Gasteiger partial charge in [-0.3, -0.25) is 0 Å². The summed E-state index contributed by atoms with van der Waals surface area (Å²) in [6.45, 7) is 12.9. The Morgan fingerprint density at radius 2 is 0.450 bits per heavy atom. The molecule has 6 nitrogen and oxygen atoms in total. The van der Waals surface area contributed by atoms with Crippen LogP contribution >= 0.6 is 0 Å². The monoisotopic (exact) mass is 286 g/mol. The SMILES string of the molecule is C1CNCCCNCCNCCNCCNCCNC1. The second-order valence-corrected chi connectivity index (χ2v) is 5.21. The third-order valence-electron chi connectivity index (χ3n) is 3.33. The first-order chi connectivity index (χ1) is 10.0. The van der Waals surface area contributed by atoms with E-state index in [1.165, 1.54) is 12.8 Å². The zero-order valence-electron chi connectivity index (χ0n) is 12.9. The van der Waals surface area contributed by atoms with Gasteiger partial charge in [0, 0.05) is 52.4 Å². The number of rotatable bonds is 0. The molecule has 1 saturated heterocycles. The highest BCUT2D eigenvalue weighted by Crippen LogP contribution is 1.77. The zero-order chi connectivity index (χ0) is 14.1. The molecule has 0 aromatic rings. The first-order valence-electron chi connectivity index (χ1n) is 8.24. The molecule has 1 fully saturated rings. The molecule has 120 valence electrons. The molecule has 0 amide bonds. The summed E-state index contributed by atoms with van der Waals surface area (Å²) in [5.74, 6) is 0. The minimum absolute atomic E-state index is 1.05. The lowest BCUT2D eigenvalue weighted by Crippen LogP contribution is -2.37. The summed E-state index contributed by atoms with van der Waals surface area (Å²) in [6.07, 6.45) is 2.41. The lowest BCUT2D eigenvalue weighted by molar-refractivity contribution is 0.531. The predicted octanol–water partition coefficient (Wildman–Crippen LogP) is -1.68. The van der Waals surface area contributed by atoms with Gasteiger partial charge in [0.2, 0.25) is 0 Å². The Bertz CT molecular complexity index is 104. The van der Waals surface area contributed by atoms with E-state index in [0.29, 0.717) is 0 Å². The van der Waals surface area contributed by atoms with Gasteiger partial charge in [0.05, 0.1) is 0 Å². The molecule has 1 rings (SSSR count). The van der Waals surface area contributed by atoms with Crippen LogP contribution in [0, 0.1) is 0 Å². The van der Waals surface area contributed by atoms with Crippen LogP contribution in [-0.4, -0.2) is 78.5 Å². The molecule has 6 N–H and O–H groups in total. The van der Waals surface area contributed by atoms with Gasteiger partial charge in [0.1, 0.15) is 0 Å². The molecule has 0 atom stereocenters. The summed E-state index contributed by atoms with van der Waals surface area (Å²) in [5, 5.41) is 20.7. The Balaban J connectivity index is 2.00. The summed E-state index contributed by atoms with van der Waals surface area (Å²) in [5.41, 5.74) is 0. The van der Waals surface area contributed by atoms with Gasteiger partial charge in [0.15, 0.2) is 0 Å². The normalized spacial score (nSPS) is 24.0. The molecule has 0 aromatic heterocycles. The highest BCUT2D eigenvalue weighted by atomic mass is 15.0. The van der Waals surface area contributed by atoms with E-state index in [-0.39, 0.29) is 0 Å². The van der Waals surface area contributed by atoms with Crippen molar-refractivity contribution in [2.24, 2.45) is 0 Å². The average molecular weight is 286 g/mol. The van der Waals surface area contributed by atoms with Gasteiger partial charge in [-0.2, -0.15) is 0 Å². The van der Waals surface area contributed by atoms with E-state index >= 15 is 0 Å². The lowest BCUT2D eigenvalue weighted by Gasteiger charge is -2.10. The third-order valence-corrected chi connectivity index (χ3v) is 3.33. The number of nitrogens with one attached hydrogen (secondary N) is 6. The maximum absolute atomic E-state index is 3.49. The van der Waals surface area contributed by atoms with Gasteiger partial charge in [0.25, 0.3) is 0 Å². The van der Waals surface area contributed by atoms with E-state index in [1.54, 1.807) is 0 Å². The van der Waals surface area contributed by atoms with Gasteiger partial charge in [-0.05, 0) is 39.0 Å². The Hall–Kier alpha value is -0.240. The summed E-state index contributed by atoms with van der Waals surface area (Å²) in [7, 11) is 0. The molecule has 0 saturated carbocycles. The fourth-order valence-corrected chi connectivity index (χ4v) is 2.13. The highest BCUT2D eigenvalue weighted by molar-refractivity contribution is 4.59. The van der Waals surface area contributed by atoms with Crippen LogP contribution in [0.5, 0.6) is 0 Å². The minimum Gasteiger partial charge on any atom is -0.317 e. The molecule has 1 aliphatic rings. The molecular formula is C14H34N6. The number of hydrogen-bond acceptors (Lipinski definition) is 6. The van der Waals surface area contributed by atoms with Gasteiger partial charge in [-0.1, -0.05) is 0 Å². The molecular weight excluding hydrogens is 252 g/mol. The van der Waals surface area contributed by atoms with Crippen LogP contribution in [0.3, 0.4) is 0 Å². The van der Waals surface area contributed by atoms with E-state index in [1.807, 2.05) is 0 Å². The Morgan fingerprint density at radius 1 is 0.250 bits per heavy atom. The van der Waals surface area contributed by atoms with Crippen LogP contribution < -0.4 is 31.9 Å². The van der Waals surface area contributed by atoms with Crippen molar-refractivity contribution in [1.29, 1.82) is 0 Å². The molecule has 0 bridgehead atoms. The first-order valence-corrected chi connectivity index (χ1v) is 8.24. The highest BCUT2D eigenvalue weighted by Gasteiger charge is 1.93. The van der Waals surface area contributed by atoms with Crippen molar-refractivity contribution >= 4 is 0 Å². The zero-order valence-corrected chi connectivity index (χ0v) is 12.9. The maximum Gasteiger partial charge on any atom is 0.00772 e. The van der Waals surface area contributed by atoms with E-state index < -0.39 is 0 Å². The van der Waals surface area contributed by atoms with E-state index in [0.717, 1.165) is 78.5 Å². The molecule has 1 aliphatic heterocycles. The van der Waals surface area contributed by atoms with Crippen LogP contribution in [0.1, 0.15) is 12.8 Å².